The number of hydrogen-bond donors (Lipinski definition) is 1. The molecule has 0 radical (unpaired) electrons. The molecule has 0 bridgehead atoms. The number of hydrogen-bond acceptors (Lipinski definition) is 2. The molecule has 0 saturated heterocycles. The largest absolute Gasteiger partial charge is 0.384 e. The predicted molar refractivity (Wildman–Crippen MR) is 75.7 cm³/mol. The van der Waals surface area contributed by atoms with Crippen LogP contribution < -0.4 is 5.32 Å². The standard InChI is InChI=1S/C10H13ClINS/c1-14-6-2-5-13-10-4-3-8(12)7-9(10)11/h3-4,7,13H,2,5-6H2,1H3. The van der Waals surface area contributed by atoms with E-state index in [1.165, 1.54) is 15.7 Å². The van der Waals surface area contributed by atoms with Gasteiger partial charge in [-0.2, -0.15) is 11.8 Å². The predicted octanol–water partition coefficient (Wildman–Crippen LogP) is 4.11. The van der Waals surface area contributed by atoms with Gasteiger partial charge in [0, 0.05) is 10.1 Å². The quantitative estimate of drug-likeness (QED) is 0.639. The summed E-state index contributed by atoms with van der Waals surface area (Å²) >= 11 is 10.2. The van der Waals surface area contributed by atoms with Crippen LogP contribution in [0.5, 0.6) is 0 Å². The molecule has 0 unspecified atom stereocenters. The maximum absolute atomic E-state index is 6.07. The lowest BCUT2D eigenvalue weighted by molar-refractivity contribution is 0.993. The molecule has 0 fully saturated rings. The van der Waals surface area contributed by atoms with Crippen molar-refractivity contribution in [2.45, 2.75) is 6.42 Å². The van der Waals surface area contributed by atoms with Gasteiger partial charge in [-0.05, 0) is 59.2 Å². The maximum atomic E-state index is 6.07. The summed E-state index contributed by atoms with van der Waals surface area (Å²) in [5.74, 6) is 1.19. The van der Waals surface area contributed by atoms with Gasteiger partial charge in [0.15, 0.2) is 0 Å². The van der Waals surface area contributed by atoms with Gasteiger partial charge in [-0.1, -0.05) is 11.6 Å². The number of nitrogens with one attached hydrogen (secondary N) is 1. The van der Waals surface area contributed by atoms with Crippen LogP contribution in [0.3, 0.4) is 0 Å². The molecule has 0 saturated carbocycles. The number of halogens is 2. The van der Waals surface area contributed by atoms with Gasteiger partial charge in [0.05, 0.1) is 10.7 Å². The van der Waals surface area contributed by atoms with Gasteiger partial charge in [-0.25, -0.2) is 0 Å². The summed E-state index contributed by atoms with van der Waals surface area (Å²) in [6.45, 7) is 0.987. The van der Waals surface area contributed by atoms with E-state index in [4.69, 9.17) is 11.6 Å². The van der Waals surface area contributed by atoms with E-state index in [0.29, 0.717) is 0 Å². The average Bonchev–Trinajstić information content (AvgIpc) is 2.15. The summed E-state index contributed by atoms with van der Waals surface area (Å²) in [6, 6.07) is 6.06. The Labute approximate surface area is 108 Å². The van der Waals surface area contributed by atoms with Crippen molar-refractivity contribution in [3.63, 3.8) is 0 Å². The van der Waals surface area contributed by atoms with Crippen molar-refractivity contribution >= 4 is 51.6 Å². The van der Waals surface area contributed by atoms with Crippen molar-refractivity contribution in [2.75, 3.05) is 23.9 Å². The molecule has 0 aliphatic heterocycles. The maximum Gasteiger partial charge on any atom is 0.0648 e. The van der Waals surface area contributed by atoms with Crippen LogP contribution in [0, 0.1) is 3.57 Å². The third kappa shape index (κ3) is 4.28. The Morgan fingerprint density at radius 1 is 1.50 bits per heavy atom. The molecule has 0 heterocycles. The molecule has 1 nitrogen and oxygen atoms in total. The first-order valence-electron chi connectivity index (χ1n) is 4.42. The fourth-order valence-corrected chi connectivity index (χ4v) is 2.43. The van der Waals surface area contributed by atoms with Crippen molar-refractivity contribution in [3.05, 3.63) is 26.8 Å². The molecular weight excluding hydrogens is 329 g/mol. The van der Waals surface area contributed by atoms with E-state index in [1.54, 1.807) is 0 Å². The van der Waals surface area contributed by atoms with Crippen LogP contribution in [0.25, 0.3) is 0 Å². The van der Waals surface area contributed by atoms with E-state index >= 15 is 0 Å². The van der Waals surface area contributed by atoms with Crippen LogP contribution in [0.15, 0.2) is 18.2 Å². The Bertz CT molecular complexity index is 293. The zero-order chi connectivity index (χ0) is 10.4. The molecule has 0 aliphatic carbocycles. The molecular formula is C10H13ClINS. The highest BCUT2D eigenvalue weighted by Gasteiger charge is 1.99. The monoisotopic (exact) mass is 341 g/mol. The Balaban J connectivity index is 2.42. The Morgan fingerprint density at radius 2 is 2.29 bits per heavy atom. The van der Waals surface area contributed by atoms with Crippen molar-refractivity contribution in [3.8, 4) is 0 Å². The average molecular weight is 342 g/mol. The first kappa shape index (κ1) is 12.5. The first-order chi connectivity index (χ1) is 6.74. The number of rotatable bonds is 5. The fourth-order valence-electron chi connectivity index (χ4n) is 1.07. The topological polar surface area (TPSA) is 12.0 Å². The lowest BCUT2D eigenvalue weighted by Crippen LogP contribution is -2.02. The van der Waals surface area contributed by atoms with Gasteiger partial charge in [0.2, 0.25) is 0 Å². The van der Waals surface area contributed by atoms with E-state index in [1.807, 2.05) is 23.9 Å². The van der Waals surface area contributed by atoms with Crippen molar-refractivity contribution in [1.29, 1.82) is 0 Å². The van der Waals surface area contributed by atoms with Crippen LogP contribution in [-0.4, -0.2) is 18.6 Å². The van der Waals surface area contributed by atoms with Crippen molar-refractivity contribution in [1.82, 2.24) is 0 Å². The van der Waals surface area contributed by atoms with Crippen LogP contribution in [0.4, 0.5) is 5.69 Å². The summed E-state index contributed by atoms with van der Waals surface area (Å²) in [4.78, 5) is 0. The van der Waals surface area contributed by atoms with Crippen LogP contribution >= 0.6 is 46.0 Å². The highest BCUT2D eigenvalue weighted by molar-refractivity contribution is 14.1. The van der Waals surface area contributed by atoms with E-state index in [9.17, 15) is 0 Å². The Morgan fingerprint density at radius 3 is 2.93 bits per heavy atom. The van der Waals surface area contributed by atoms with Crippen molar-refractivity contribution in [2.24, 2.45) is 0 Å². The highest BCUT2D eigenvalue weighted by Crippen LogP contribution is 2.23. The second kappa shape index (κ2) is 6.80. The summed E-state index contributed by atoms with van der Waals surface area (Å²) < 4.78 is 1.17. The van der Waals surface area contributed by atoms with Gasteiger partial charge in [0.1, 0.15) is 0 Å². The Hall–Kier alpha value is 0.390. The minimum atomic E-state index is 0.807. The van der Waals surface area contributed by atoms with Gasteiger partial charge in [0.25, 0.3) is 0 Å². The minimum absolute atomic E-state index is 0.807. The van der Waals surface area contributed by atoms with Gasteiger partial charge in [-0.15, -0.1) is 0 Å². The summed E-state index contributed by atoms with van der Waals surface area (Å²) in [7, 11) is 0. The van der Waals surface area contributed by atoms with E-state index in [0.717, 1.165) is 17.3 Å². The lowest BCUT2D eigenvalue weighted by atomic mass is 10.3. The number of benzene rings is 1. The SMILES string of the molecule is CSCCCNc1ccc(I)cc1Cl. The summed E-state index contributed by atoms with van der Waals surface area (Å²) in [6.07, 6.45) is 3.29. The molecule has 1 aromatic carbocycles. The first-order valence-corrected chi connectivity index (χ1v) is 7.27. The molecule has 1 aromatic rings. The van der Waals surface area contributed by atoms with E-state index < -0.39 is 0 Å². The lowest BCUT2D eigenvalue weighted by Gasteiger charge is -2.07. The molecule has 14 heavy (non-hydrogen) atoms. The zero-order valence-electron chi connectivity index (χ0n) is 8.02. The van der Waals surface area contributed by atoms with Crippen LogP contribution in [0.1, 0.15) is 6.42 Å². The summed E-state index contributed by atoms with van der Waals surface area (Å²) in [5, 5.41) is 4.13. The smallest absolute Gasteiger partial charge is 0.0648 e. The Kier molecular flexibility index (Phi) is 6.05. The zero-order valence-corrected chi connectivity index (χ0v) is 11.7. The fraction of sp³-hybridized carbons (Fsp3) is 0.400. The molecule has 0 atom stereocenters. The molecule has 0 aliphatic rings. The van der Waals surface area contributed by atoms with Gasteiger partial charge in [-0.3, -0.25) is 0 Å². The molecule has 1 rings (SSSR count). The highest BCUT2D eigenvalue weighted by atomic mass is 127. The van der Waals surface area contributed by atoms with Gasteiger partial charge < -0.3 is 5.32 Å². The van der Waals surface area contributed by atoms with Gasteiger partial charge >= 0.3 is 0 Å². The third-order valence-electron chi connectivity index (χ3n) is 1.77. The summed E-state index contributed by atoms with van der Waals surface area (Å²) in [5.41, 5.74) is 1.04. The van der Waals surface area contributed by atoms with E-state index in [2.05, 4.69) is 40.2 Å². The van der Waals surface area contributed by atoms with Crippen LogP contribution in [-0.2, 0) is 0 Å². The molecule has 4 heteroatoms. The molecule has 1 N–H and O–H groups in total. The van der Waals surface area contributed by atoms with E-state index in [-0.39, 0.29) is 0 Å². The number of anilines is 1. The molecule has 78 valence electrons. The number of thioether (sulfide) groups is 1. The van der Waals surface area contributed by atoms with Crippen molar-refractivity contribution < 1.29 is 0 Å². The third-order valence-corrected chi connectivity index (χ3v) is 3.45. The van der Waals surface area contributed by atoms with Crippen LogP contribution in [0.2, 0.25) is 5.02 Å². The molecule has 0 spiro atoms. The normalized spacial score (nSPS) is 10.2. The second-order valence-corrected chi connectivity index (χ2v) is 5.54. The molecule has 0 amide bonds. The molecule has 0 aromatic heterocycles. The minimum Gasteiger partial charge on any atom is -0.384 e. The second-order valence-electron chi connectivity index (χ2n) is 2.90.